The zero-order chi connectivity index (χ0) is 21.8. The summed E-state index contributed by atoms with van der Waals surface area (Å²) in [6, 6.07) is 11.0. The largest absolute Gasteiger partial charge is 0.335 e. The molecular formula is C24H25FN4O2. The van der Waals surface area contributed by atoms with Crippen molar-refractivity contribution >= 4 is 23.5 Å². The van der Waals surface area contributed by atoms with Crippen LogP contribution in [0.3, 0.4) is 0 Å². The molecular weight excluding hydrogens is 395 g/mol. The second-order valence-corrected chi connectivity index (χ2v) is 7.86. The maximum atomic E-state index is 13.3. The number of fused-ring (bicyclic) bond motifs is 1. The van der Waals surface area contributed by atoms with E-state index in [2.05, 4.69) is 15.8 Å². The summed E-state index contributed by atoms with van der Waals surface area (Å²) in [5.41, 5.74) is 5.69. The first-order chi connectivity index (χ1) is 15.0. The van der Waals surface area contributed by atoms with Crippen molar-refractivity contribution in [1.29, 1.82) is 0 Å². The molecule has 31 heavy (non-hydrogen) atoms. The maximum Gasteiger partial charge on any atom is 0.335 e. The van der Waals surface area contributed by atoms with Gasteiger partial charge in [-0.15, -0.1) is 0 Å². The van der Waals surface area contributed by atoms with Crippen molar-refractivity contribution in [2.75, 3.05) is 0 Å². The highest BCUT2D eigenvalue weighted by molar-refractivity contribution is 6.11. The van der Waals surface area contributed by atoms with Crippen molar-refractivity contribution in [3.8, 4) is 0 Å². The Morgan fingerprint density at radius 3 is 2.58 bits per heavy atom. The number of hydrazone groups is 1. The molecule has 1 aliphatic carbocycles. The minimum Gasteiger partial charge on any atom is -0.334 e. The Morgan fingerprint density at radius 1 is 1.10 bits per heavy atom. The molecule has 0 saturated heterocycles. The van der Waals surface area contributed by atoms with Crippen molar-refractivity contribution < 1.29 is 14.0 Å². The van der Waals surface area contributed by atoms with Crippen molar-refractivity contribution in [1.82, 2.24) is 15.1 Å². The summed E-state index contributed by atoms with van der Waals surface area (Å²) in [4.78, 5) is 25.3. The smallest absolute Gasteiger partial charge is 0.334 e. The van der Waals surface area contributed by atoms with Crippen LogP contribution in [-0.4, -0.2) is 28.5 Å². The second kappa shape index (κ2) is 9.12. The molecule has 0 atom stereocenters. The lowest BCUT2D eigenvalue weighted by Crippen LogP contribution is -2.41. The zero-order valence-electron chi connectivity index (χ0n) is 17.4. The van der Waals surface area contributed by atoms with Crippen LogP contribution in [0.2, 0.25) is 0 Å². The summed E-state index contributed by atoms with van der Waals surface area (Å²) in [5.74, 6) is -0.597. The molecule has 0 unspecified atom stereocenters. The van der Waals surface area contributed by atoms with Crippen LogP contribution in [0.1, 0.15) is 59.3 Å². The first kappa shape index (κ1) is 20.8. The van der Waals surface area contributed by atoms with Gasteiger partial charge in [-0.05, 0) is 61.7 Å². The van der Waals surface area contributed by atoms with Crippen LogP contribution in [0.25, 0.3) is 5.52 Å². The predicted octanol–water partition coefficient (Wildman–Crippen LogP) is 4.58. The highest BCUT2D eigenvalue weighted by Crippen LogP contribution is 2.24. The van der Waals surface area contributed by atoms with Gasteiger partial charge in [0.15, 0.2) is 0 Å². The number of hydrogen-bond donors (Lipinski definition) is 2. The number of aromatic nitrogens is 1. The summed E-state index contributed by atoms with van der Waals surface area (Å²) in [6.45, 7) is 1.84. The lowest BCUT2D eigenvalue weighted by Gasteiger charge is -2.22. The van der Waals surface area contributed by atoms with Gasteiger partial charge in [0.2, 0.25) is 5.78 Å². The Labute approximate surface area is 180 Å². The third-order valence-corrected chi connectivity index (χ3v) is 5.76. The molecule has 1 saturated carbocycles. The molecule has 4 rings (SSSR count). The van der Waals surface area contributed by atoms with Gasteiger partial charge in [0.25, 0.3) is 0 Å². The summed E-state index contributed by atoms with van der Waals surface area (Å²) in [5, 5.41) is 7.07. The molecule has 1 aromatic carbocycles. The number of rotatable bonds is 5. The van der Waals surface area contributed by atoms with Crippen LogP contribution in [0.4, 0.5) is 9.18 Å². The Hall–Kier alpha value is -3.48. The Kier molecular flexibility index (Phi) is 6.11. The Balaban J connectivity index is 1.57. The van der Waals surface area contributed by atoms with Crippen LogP contribution in [0, 0.1) is 12.7 Å². The number of nitrogens with one attached hydrogen (secondary N) is 2. The average Bonchev–Trinajstić information content (AvgIpc) is 3.06. The number of carbonyl (C=O) groups excluding carboxylic acids is 2. The molecule has 2 N–H and O–H groups in total. The van der Waals surface area contributed by atoms with Gasteiger partial charge in [-0.25, -0.2) is 14.6 Å². The van der Waals surface area contributed by atoms with Gasteiger partial charge in [-0.1, -0.05) is 25.3 Å². The van der Waals surface area contributed by atoms with Crippen LogP contribution in [0.15, 0.2) is 53.8 Å². The number of benzene rings is 1. The monoisotopic (exact) mass is 420 g/mol. The van der Waals surface area contributed by atoms with Gasteiger partial charge < -0.3 is 9.72 Å². The van der Waals surface area contributed by atoms with Crippen LogP contribution in [0.5, 0.6) is 0 Å². The molecule has 7 heteroatoms. The molecule has 1 fully saturated rings. The second-order valence-electron chi connectivity index (χ2n) is 7.86. The lowest BCUT2D eigenvalue weighted by atomic mass is 9.96. The first-order valence-electron chi connectivity index (χ1n) is 10.5. The minimum atomic E-state index is -0.390. The van der Waals surface area contributed by atoms with E-state index in [-0.39, 0.29) is 17.9 Å². The van der Waals surface area contributed by atoms with E-state index in [1.807, 2.05) is 25.1 Å². The number of halogens is 1. The number of amides is 2. The molecule has 0 bridgehead atoms. The number of ketones is 1. The highest BCUT2D eigenvalue weighted by Gasteiger charge is 2.21. The van der Waals surface area contributed by atoms with E-state index in [4.69, 9.17) is 0 Å². The number of hydrogen-bond acceptors (Lipinski definition) is 3. The molecule has 0 aliphatic heterocycles. The van der Waals surface area contributed by atoms with Gasteiger partial charge in [-0.2, -0.15) is 5.10 Å². The predicted molar refractivity (Wildman–Crippen MR) is 118 cm³/mol. The van der Waals surface area contributed by atoms with Gasteiger partial charge in [0.05, 0.1) is 17.4 Å². The summed E-state index contributed by atoms with van der Waals surface area (Å²) in [6.07, 6.45) is 8.85. The fourth-order valence-electron chi connectivity index (χ4n) is 4.16. The molecule has 2 heterocycles. The quantitative estimate of drug-likeness (QED) is 0.360. The summed E-state index contributed by atoms with van der Waals surface area (Å²) >= 11 is 0. The normalized spacial score (nSPS) is 14.8. The summed E-state index contributed by atoms with van der Waals surface area (Å²) < 4.78 is 15.1. The fraction of sp³-hybridized carbons (Fsp3) is 0.292. The van der Waals surface area contributed by atoms with E-state index >= 15 is 0 Å². The van der Waals surface area contributed by atoms with Crippen LogP contribution >= 0.6 is 0 Å². The molecule has 0 radical (unpaired) electrons. The number of carbonyl (C=O) groups is 2. The Bertz CT molecular complexity index is 1130. The number of nitrogens with zero attached hydrogens (tertiary/aromatic N) is 2. The standard InChI is InChI=1S/C24H25FN4O2/c1-16-20(15-26-28-24(31)27-19-7-3-2-4-8-19)21-9-5-6-14-29(21)22(16)23(30)17-10-12-18(25)13-11-17/h5-6,9-15,19H,2-4,7-8H2,1H3,(H2,27,28,31)/b26-15-. The third-order valence-electron chi connectivity index (χ3n) is 5.76. The van der Waals surface area contributed by atoms with Crippen LogP contribution in [-0.2, 0) is 0 Å². The van der Waals surface area contributed by atoms with Gasteiger partial charge in [0.1, 0.15) is 5.82 Å². The SMILES string of the molecule is Cc1c(/C=N\NC(=O)NC2CCCCC2)c2ccccn2c1C(=O)c1ccc(F)cc1. The Morgan fingerprint density at radius 2 is 1.84 bits per heavy atom. The number of urea groups is 1. The molecule has 6 nitrogen and oxygen atoms in total. The molecule has 0 spiro atoms. The fourth-order valence-corrected chi connectivity index (χ4v) is 4.16. The van der Waals surface area contributed by atoms with Crippen molar-refractivity contribution in [3.63, 3.8) is 0 Å². The van der Waals surface area contributed by atoms with Gasteiger partial charge in [0, 0.05) is 23.4 Å². The molecule has 160 valence electrons. The van der Waals surface area contributed by atoms with E-state index in [0.717, 1.165) is 42.3 Å². The van der Waals surface area contributed by atoms with Gasteiger partial charge in [-0.3, -0.25) is 4.79 Å². The van der Waals surface area contributed by atoms with E-state index in [9.17, 15) is 14.0 Å². The van der Waals surface area contributed by atoms with Crippen molar-refractivity contribution in [3.05, 3.63) is 76.9 Å². The maximum absolute atomic E-state index is 13.3. The average molecular weight is 420 g/mol. The number of pyridine rings is 1. The molecule has 2 amide bonds. The van der Waals surface area contributed by atoms with E-state index in [0.29, 0.717) is 11.3 Å². The van der Waals surface area contributed by atoms with E-state index < -0.39 is 5.82 Å². The van der Waals surface area contributed by atoms with Gasteiger partial charge >= 0.3 is 6.03 Å². The zero-order valence-corrected chi connectivity index (χ0v) is 17.4. The molecule has 1 aliphatic rings. The van der Waals surface area contributed by atoms with Crippen molar-refractivity contribution in [2.24, 2.45) is 5.10 Å². The molecule has 2 aromatic heterocycles. The lowest BCUT2D eigenvalue weighted by molar-refractivity contribution is 0.103. The van der Waals surface area contributed by atoms with E-state index in [1.165, 1.54) is 30.7 Å². The van der Waals surface area contributed by atoms with Crippen molar-refractivity contribution in [2.45, 2.75) is 45.1 Å². The third kappa shape index (κ3) is 4.50. The van der Waals surface area contributed by atoms with Crippen LogP contribution < -0.4 is 10.7 Å². The molecule has 3 aromatic rings. The van der Waals surface area contributed by atoms with E-state index in [1.54, 1.807) is 16.8 Å². The minimum absolute atomic E-state index is 0.195. The summed E-state index contributed by atoms with van der Waals surface area (Å²) in [7, 11) is 0. The topological polar surface area (TPSA) is 75.0 Å². The first-order valence-corrected chi connectivity index (χ1v) is 10.5. The highest BCUT2D eigenvalue weighted by atomic mass is 19.1.